The summed E-state index contributed by atoms with van der Waals surface area (Å²) in [6.07, 6.45) is -3.68. The molecular formula is C54H86BrNO20. The summed E-state index contributed by atoms with van der Waals surface area (Å²) in [7, 11) is 1.47. The highest BCUT2D eigenvalue weighted by Gasteiger charge is 2.59. The third-order valence-electron chi connectivity index (χ3n) is 14.6. The molecule has 0 N–H and O–H groups in total. The van der Waals surface area contributed by atoms with E-state index in [0.717, 1.165) is 0 Å². The van der Waals surface area contributed by atoms with Crippen LogP contribution in [0.15, 0.2) is 0 Å². The predicted octanol–water partition coefficient (Wildman–Crippen LogP) is 5.10. The van der Waals surface area contributed by atoms with Gasteiger partial charge in [-0.3, -0.25) is 38.5 Å². The fourth-order valence-corrected chi connectivity index (χ4v) is 11.5. The number of hydrogen-bond acceptors (Lipinski definition) is 21. The Labute approximate surface area is 456 Å². The van der Waals surface area contributed by atoms with Gasteiger partial charge in [0.2, 0.25) is 0 Å². The summed E-state index contributed by atoms with van der Waals surface area (Å²) in [6.45, 7) is 22.7. The van der Waals surface area contributed by atoms with Gasteiger partial charge in [-0.15, -0.1) is 0 Å². The van der Waals surface area contributed by atoms with Crippen LogP contribution >= 0.6 is 15.9 Å². The van der Waals surface area contributed by atoms with Gasteiger partial charge in [0.05, 0.1) is 72.1 Å². The quantitative estimate of drug-likeness (QED) is 0.0258. The number of esters is 7. The molecule has 0 aliphatic carbocycles. The predicted molar refractivity (Wildman–Crippen MR) is 274 cm³/mol. The smallest absolute Gasteiger partial charge is 0.322 e. The highest BCUT2D eigenvalue weighted by molar-refractivity contribution is 9.10. The number of carbonyl (C=O) groups excluding carboxylic acids is 7. The number of ether oxygens (including phenoxy) is 13. The molecule has 5 fully saturated rings. The van der Waals surface area contributed by atoms with E-state index in [1.54, 1.807) is 55.4 Å². The van der Waals surface area contributed by atoms with Crippen LogP contribution in [0.25, 0.3) is 0 Å². The zero-order valence-corrected chi connectivity index (χ0v) is 48.8. The second-order valence-corrected chi connectivity index (χ2v) is 26.2. The molecule has 5 aliphatic heterocycles. The Balaban J connectivity index is 1.61. The van der Waals surface area contributed by atoms with Gasteiger partial charge < -0.3 is 61.6 Å². The second-order valence-electron chi connectivity index (χ2n) is 24.4. The molecule has 0 aromatic carbocycles. The van der Waals surface area contributed by atoms with Crippen LogP contribution < -0.4 is 0 Å². The minimum absolute atomic E-state index is 0.00363. The number of alkyl halides is 1. The standard InChI is InChI=1S/C54H86BrNO20/c1-34(2)56(35(3)4)14-15-65-42(58)49(7,28-48(5,6)41(57)66-17-16-64-13)29-50(8,43(59)72-23-36-18-67-36)30-51(9,44(60)73-24-37-19-68-37)31-52(10,45(61)74-25-38-20-69-38)32-53(11,46(62)75-26-39-21-70-39)33-54(12,55)47(63)76-27-40-22-71-40/h34-40H,14-33H2,1-13H3. The maximum absolute atomic E-state index is 15.2. The first-order valence-electron chi connectivity index (χ1n) is 26.6. The molecule has 22 heteroatoms. The van der Waals surface area contributed by atoms with Crippen LogP contribution in [0, 0.1) is 32.5 Å². The molecule has 5 aliphatic rings. The lowest BCUT2D eigenvalue weighted by Crippen LogP contribution is -2.51. The van der Waals surface area contributed by atoms with Crippen molar-refractivity contribution in [1.29, 1.82) is 0 Å². The van der Waals surface area contributed by atoms with Crippen LogP contribution in [0.4, 0.5) is 0 Å². The highest BCUT2D eigenvalue weighted by Crippen LogP contribution is 2.55. The Morgan fingerprint density at radius 1 is 0.421 bits per heavy atom. The van der Waals surface area contributed by atoms with Crippen LogP contribution in [0.5, 0.6) is 0 Å². The van der Waals surface area contributed by atoms with Crippen LogP contribution in [0.3, 0.4) is 0 Å². The van der Waals surface area contributed by atoms with E-state index in [-0.39, 0.29) is 121 Å². The molecule has 11 unspecified atom stereocenters. The third-order valence-corrected chi connectivity index (χ3v) is 15.2. The van der Waals surface area contributed by atoms with Crippen molar-refractivity contribution < 1.29 is 95.1 Å². The zero-order valence-electron chi connectivity index (χ0n) is 47.2. The van der Waals surface area contributed by atoms with Crippen molar-refractivity contribution in [2.45, 2.75) is 169 Å². The largest absolute Gasteiger partial charge is 0.464 e. The molecule has 76 heavy (non-hydrogen) atoms. The molecule has 5 rings (SSSR count). The molecule has 21 nitrogen and oxygen atoms in total. The number of hydrogen-bond donors (Lipinski definition) is 0. The number of carbonyl (C=O) groups is 7. The molecule has 5 heterocycles. The van der Waals surface area contributed by atoms with Gasteiger partial charge in [0.15, 0.2) is 0 Å². The lowest BCUT2D eigenvalue weighted by atomic mass is 9.58. The molecule has 11 atom stereocenters. The minimum atomic E-state index is -1.84. The Morgan fingerprint density at radius 3 is 1.00 bits per heavy atom. The fourth-order valence-electron chi connectivity index (χ4n) is 10.8. The van der Waals surface area contributed by atoms with Crippen molar-refractivity contribution in [1.82, 2.24) is 4.90 Å². The van der Waals surface area contributed by atoms with E-state index in [9.17, 15) is 19.2 Å². The highest BCUT2D eigenvalue weighted by atomic mass is 79.9. The molecule has 0 aromatic rings. The van der Waals surface area contributed by atoms with Gasteiger partial charge in [-0.25, -0.2) is 0 Å². The first kappa shape index (κ1) is 63.3. The summed E-state index contributed by atoms with van der Waals surface area (Å²) >= 11 is 3.54. The number of halogens is 1. The molecule has 0 amide bonds. The summed E-state index contributed by atoms with van der Waals surface area (Å²) in [5.74, 6) is -5.20. The molecule has 5 saturated heterocycles. The SMILES string of the molecule is COCCOC(=O)C(C)(C)CC(C)(CC(C)(CC(C)(CC(C)(CC(C)(CC(C)(Br)C(=O)OCC1CO1)C(=O)OCC1CO1)C(=O)OCC1CO1)C(=O)OCC1CO1)C(=O)OCC1CO1)C(=O)OCCN(C(C)C)C(C)C. The minimum Gasteiger partial charge on any atom is -0.464 e. The Hall–Kier alpha value is -3.51. The van der Waals surface area contributed by atoms with Crippen molar-refractivity contribution >= 4 is 57.7 Å². The summed E-state index contributed by atoms with van der Waals surface area (Å²) in [5, 5.41) is 0. The molecule has 0 bridgehead atoms. The Bertz CT molecular complexity index is 2020. The average Bonchev–Trinajstić information content (AvgIpc) is 4.10. The fraction of sp³-hybridized carbons (Fsp3) is 0.870. The van der Waals surface area contributed by atoms with Gasteiger partial charge in [-0.2, -0.15) is 0 Å². The summed E-state index contributed by atoms with van der Waals surface area (Å²) in [6, 6.07) is 0.254. The van der Waals surface area contributed by atoms with Gasteiger partial charge in [-0.05, 0) is 122 Å². The number of rotatable bonds is 37. The van der Waals surface area contributed by atoms with E-state index in [4.69, 9.17) is 61.6 Å². The number of epoxide rings is 5. The van der Waals surface area contributed by atoms with E-state index in [1.165, 1.54) is 7.11 Å². The molecule has 0 spiro atoms. The van der Waals surface area contributed by atoms with E-state index in [2.05, 4.69) is 20.8 Å². The maximum Gasteiger partial charge on any atom is 0.322 e. The third kappa shape index (κ3) is 19.1. The van der Waals surface area contributed by atoms with Gasteiger partial charge >= 0.3 is 41.8 Å². The van der Waals surface area contributed by atoms with Gasteiger partial charge in [0, 0.05) is 25.7 Å². The lowest BCUT2D eigenvalue weighted by Gasteiger charge is -2.46. The topological polar surface area (TPSA) is 259 Å². The number of methoxy groups -OCH3 is 1. The van der Waals surface area contributed by atoms with Crippen molar-refractivity contribution in [2.75, 3.05) is 99.5 Å². The van der Waals surface area contributed by atoms with Crippen LogP contribution in [0.1, 0.15) is 122 Å². The first-order chi connectivity index (χ1) is 35.4. The van der Waals surface area contributed by atoms with Crippen molar-refractivity contribution in [3.8, 4) is 0 Å². The zero-order chi connectivity index (χ0) is 56.5. The van der Waals surface area contributed by atoms with Crippen molar-refractivity contribution in [3.63, 3.8) is 0 Å². The average molecular weight is 1150 g/mol. The Morgan fingerprint density at radius 2 is 0.697 bits per heavy atom. The summed E-state index contributed by atoms with van der Waals surface area (Å²) in [4.78, 5) is 105. The van der Waals surface area contributed by atoms with Crippen LogP contribution in [-0.4, -0.2) is 193 Å². The summed E-state index contributed by atoms with van der Waals surface area (Å²) < 4.78 is 71.5. The van der Waals surface area contributed by atoms with E-state index in [0.29, 0.717) is 39.6 Å². The van der Waals surface area contributed by atoms with Gasteiger partial charge in [0.25, 0.3) is 0 Å². The first-order valence-corrected chi connectivity index (χ1v) is 27.4. The second kappa shape index (κ2) is 26.2. The molecule has 434 valence electrons. The number of nitrogens with zero attached hydrogens (tertiary/aromatic N) is 1. The normalized spacial score (nSPS) is 25.2. The van der Waals surface area contributed by atoms with Crippen molar-refractivity contribution in [2.24, 2.45) is 32.5 Å². The molecule has 0 radical (unpaired) electrons. The lowest BCUT2D eigenvalue weighted by molar-refractivity contribution is -0.176. The molecular weight excluding hydrogens is 1060 g/mol. The van der Waals surface area contributed by atoms with Crippen molar-refractivity contribution in [3.05, 3.63) is 0 Å². The van der Waals surface area contributed by atoms with Crippen LogP contribution in [0.2, 0.25) is 0 Å². The van der Waals surface area contributed by atoms with E-state index in [1.807, 2.05) is 27.7 Å². The molecule has 0 saturated carbocycles. The summed E-state index contributed by atoms with van der Waals surface area (Å²) in [5.41, 5.74) is -10.1. The van der Waals surface area contributed by atoms with E-state index >= 15 is 14.4 Å². The maximum atomic E-state index is 15.2. The van der Waals surface area contributed by atoms with Gasteiger partial charge in [-0.1, -0.05) is 15.9 Å². The van der Waals surface area contributed by atoms with Crippen LogP contribution in [-0.2, 0) is 95.1 Å². The molecule has 0 aromatic heterocycles. The monoisotopic (exact) mass is 1150 g/mol. The van der Waals surface area contributed by atoms with Gasteiger partial charge in [0.1, 0.15) is 81.1 Å². The Kier molecular flexibility index (Phi) is 21.8. The van der Waals surface area contributed by atoms with E-state index < -0.39 is 91.4 Å².